The van der Waals surface area contributed by atoms with E-state index in [2.05, 4.69) is 10.1 Å². The third-order valence-electron chi connectivity index (χ3n) is 2.17. The highest BCUT2D eigenvalue weighted by Gasteiger charge is 2.12. The largest absolute Gasteiger partial charge is 0.507 e. The number of hydrogen-bond donors (Lipinski definition) is 2. The Labute approximate surface area is 96.5 Å². The summed E-state index contributed by atoms with van der Waals surface area (Å²) in [6, 6.07) is 6.59. The molecule has 0 unspecified atom stereocenters. The number of phenols is 1. The number of aliphatic carboxylic acids is 1. The maximum absolute atomic E-state index is 10.4. The van der Waals surface area contributed by atoms with Gasteiger partial charge < -0.3 is 14.7 Å². The predicted molar refractivity (Wildman–Crippen MR) is 57.4 cm³/mol. The highest BCUT2D eigenvalue weighted by Crippen LogP contribution is 2.25. The van der Waals surface area contributed by atoms with Gasteiger partial charge in [0.15, 0.2) is 0 Å². The van der Waals surface area contributed by atoms with E-state index < -0.39 is 5.97 Å². The third kappa shape index (κ3) is 2.60. The summed E-state index contributed by atoms with van der Waals surface area (Å²) in [4.78, 5) is 14.4. The van der Waals surface area contributed by atoms with Gasteiger partial charge in [0, 0.05) is 6.42 Å². The topological polar surface area (TPSA) is 96.5 Å². The predicted octanol–water partition coefficient (Wildman–Crippen LogP) is 1.46. The minimum Gasteiger partial charge on any atom is -0.507 e. The molecule has 17 heavy (non-hydrogen) atoms. The van der Waals surface area contributed by atoms with Gasteiger partial charge in [0.2, 0.25) is 11.7 Å². The highest BCUT2D eigenvalue weighted by molar-refractivity contribution is 5.67. The number of para-hydroxylation sites is 1. The van der Waals surface area contributed by atoms with E-state index in [0.29, 0.717) is 5.56 Å². The van der Waals surface area contributed by atoms with E-state index in [4.69, 9.17) is 9.63 Å². The van der Waals surface area contributed by atoms with Crippen molar-refractivity contribution >= 4 is 5.97 Å². The van der Waals surface area contributed by atoms with Crippen molar-refractivity contribution in [2.75, 3.05) is 0 Å². The minimum atomic E-state index is -0.924. The number of carbonyl (C=O) groups is 1. The average Bonchev–Trinajstić information content (AvgIpc) is 2.75. The van der Waals surface area contributed by atoms with Gasteiger partial charge in [-0.25, -0.2) is 0 Å². The smallest absolute Gasteiger partial charge is 0.303 e. The van der Waals surface area contributed by atoms with Crippen LogP contribution in [-0.4, -0.2) is 26.3 Å². The van der Waals surface area contributed by atoms with Crippen LogP contribution in [0.25, 0.3) is 11.4 Å². The molecule has 0 saturated heterocycles. The van der Waals surface area contributed by atoms with Crippen molar-refractivity contribution in [1.29, 1.82) is 0 Å². The molecule has 0 aliphatic heterocycles. The Morgan fingerprint density at radius 1 is 1.35 bits per heavy atom. The van der Waals surface area contributed by atoms with E-state index in [0.717, 1.165) is 0 Å². The number of aryl methyl sites for hydroxylation is 1. The van der Waals surface area contributed by atoms with Gasteiger partial charge in [0.1, 0.15) is 5.75 Å². The molecule has 1 aromatic heterocycles. The van der Waals surface area contributed by atoms with Crippen molar-refractivity contribution in [3.63, 3.8) is 0 Å². The van der Waals surface area contributed by atoms with Crippen LogP contribution in [0.2, 0.25) is 0 Å². The van der Waals surface area contributed by atoms with Crippen LogP contribution >= 0.6 is 0 Å². The molecule has 2 aromatic rings. The summed E-state index contributed by atoms with van der Waals surface area (Å²) in [5.41, 5.74) is 0.456. The number of carboxylic acids is 1. The van der Waals surface area contributed by atoms with E-state index in [9.17, 15) is 9.90 Å². The Balaban J connectivity index is 2.18. The summed E-state index contributed by atoms with van der Waals surface area (Å²) in [5, 5.41) is 21.8. The molecule has 0 saturated carbocycles. The molecule has 0 fully saturated rings. The number of rotatable bonds is 4. The van der Waals surface area contributed by atoms with Gasteiger partial charge in [-0.05, 0) is 12.1 Å². The number of aromatic nitrogens is 2. The van der Waals surface area contributed by atoms with Crippen molar-refractivity contribution in [3.05, 3.63) is 30.2 Å². The zero-order valence-corrected chi connectivity index (χ0v) is 8.83. The summed E-state index contributed by atoms with van der Waals surface area (Å²) in [6.45, 7) is 0. The van der Waals surface area contributed by atoms with Gasteiger partial charge in [-0.1, -0.05) is 17.3 Å². The first-order valence-electron chi connectivity index (χ1n) is 4.99. The third-order valence-corrected chi connectivity index (χ3v) is 2.17. The maximum Gasteiger partial charge on any atom is 0.303 e. The van der Waals surface area contributed by atoms with E-state index in [1.54, 1.807) is 18.2 Å². The van der Waals surface area contributed by atoms with Crippen molar-refractivity contribution in [2.24, 2.45) is 0 Å². The Bertz CT molecular complexity index is 536. The number of nitrogens with zero attached hydrogens (tertiary/aromatic N) is 2. The average molecular weight is 234 g/mol. The summed E-state index contributed by atoms with van der Waals surface area (Å²) in [6.07, 6.45) is 0.109. The number of phenolic OH excluding ortho intramolecular Hbond substituents is 1. The van der Waals surface area contributed by atoms with E-state index in [1.807, 2.05) is 0 Å². The van der Waals surface area contributed by atoms with Gasteiger partial charge >= 0.3 is 5.97 Å². The number of aromatic hydroxyl groups is 1. The summed E-state index contributed by atoms with van der Waals surface area (Å²) >= 11 is 0. The first-order valence-corrected chi connectivity index (χ1v) is 4.99. The van der Waals surface area contributed by atoms with Crippen molar-refractivity contribution in [1.82, 2.24) is 10.1 Å². The maximum atomic E-state index is 10.4. The molecule has 2 rings (SSSR count). The molecule has 1 aromatic carbocycles. The lowest BCUT2D eigenvalue weighted by Crippen LogP contribution is -1.97. The Kier molecular flexibility index (Phi) is 3.04. The van der Waals surface area contributed by atoms with Crippen LogP contribution in [0, 0.1) is 0 Å². The van der Waals surface area contributed by atoms with E-state index >= 15 is 0 Å². The Morgan fingerprint density at radius 2 is 2.12 bits per heavy atom. The van der Waals surface area contributed by atoms with E-state index in [1.165, 1.54) is 6.07 Å². The molecule has 0 aliphatic carbocycles. The monoisotopic (exact) mass is 234 g/mol. The molecule has 2 N–H and O–H groups in total. The lowest BCUT2D eigenvalue weighted by molar-refractivity contribution is -0.137. The molecular formula is C11H10N2O4. The normalized spacial score (nSPS) is 10.4. The molecule has 0 radical (unpaired) electrons. The SMILES string of the molecule is O=C(O)CCc1nc(-c2ccccc2O)no1. The second-order valence-electron chi connectivity index (χ2n) is 3.42. The summed E-state index contributed by atoms with van der Waals surface area (Å²) in [5.74, 6) is -0.375. The van der Waals surface area contributed by atoms with Gasteiger partial charge in [0.25, 0.3) is 0 Å². The number of carboxylic acid groups (broad SMARTS) is 1. The van der Waals surface area contributed by atoms with Crippen LogP contribution in [-0.2, 0) is 11.2 Å². The molecule has 1 heterocycles. The number of benzene rings is 1. The van der Waals surface area contributed by atoms with Gasteiger partial charge in [-0.3, -0.25) is 4.79 Å². The minimum absolute atomic E-state index is 0.0538. The summed E-state index contributed by atoms with van der Waals surface area (Å²) in [7, 11) is 0. The fraction of sp³-hybridized carbons (Fsp3) is 0.182. The quantitative estimate of drug-likeness (QED) is 0.831. The molecule has 88 valence electrons. The van der Waals surface area contributed by atoms with Crippen molar-refractivity contribution < 1.29 is 19.5 Å². The van der Waals surface area contributed by atoms with Crippen molar-refractivity contribution in [3.8, 4) is 17.1 Å². The molecule has 6 heteroatoms. The number of hydrogen-bond acceptors (Lipinski definition) is 5. The van der Waals surface area contributed by atoms with Crippen molar-refractivity contribution in [2.45, 2.75) is 12.8 Å². The zero-order chi connectivity index (χ0) is 12.3. The fourth-order valence-electron chi connectivity index (χ4n) is 1.34. The second kappa shape index (κ2) is 4.65. The van der Waals surface area contributed by atoms with Crippen LogP contribution in [0.3, 0.4) is 0 Å². The molecule has 0 amide bonds. The summed E-state index contributed by atoms with van der Waals surface area (Å²) < 4.78 is 4.89. The fourth-order valence-corrected chi connectivity index (χ4v) is 1.34. The second-order valence-corrected chi connectivity index (χ2v) is 3.42. The van der Waals surface area contributed by atoms with Gasteiger partial charge in [0.05, 0.1) is 12.0 Å². The molecule has 0 atom stereocenters. The highest BCUT2D eigenvalue weighted by atomic mass is 16.5. The van der Waals surface area contributed by atoms with Crippen LogP contribution in [0.1, 0.15) is 12.3 Å². The van der Waals surface area contributed by atoms with Gasteiger partial charge in [-0.15, -0.1) is 0 Å². The molecule has 0 aliphatic rings. The van der Waals surface area contributed by atoms with Crippen LogP contribution in [0.4, 0.5) is 0 Å². The lowest BCUT2D eigenvalue weighted by Gasteiger charge is -1.96. The lowest BCUT2D eigenvalue weighted by atomic mass is 10.2. The molecule has 0 bridgehead atoms. The van der Waals surface area contributed by atoms with E-state index in [-0.39, 0.29) is 30.3 Å². The van der Waals surface area contributed by atoms with Crippen LogP contribution in [0.5, 0.6) is 5.75 Å². The van der Waals surface area contributed by atoms with Crippen LogP contribution in [0.15, 0.2) is 28.8 Å². The molecule has 0 spiro atoms. The standard InChI is InChI=1S/C11H10N2O4/c14-8-4-2-1-3-7(8)11-12-9(17-13-11)5-6-10(15)16/h1-4,14H,5-6H2,(H,15,16). The Morgan fingerprint density at radius 3 is 2.82 bits per heavy atom. The molecular weight excluding hydrogens is 224 g/mol. The van der Waals surface area contributed by atoms with Gasteiger partial charge in [-0.2, -0.15) is 4.98 Å². The zero-order valence-electron chi connectivity index (χ0n) is 8.83. The molecule has 6 nitrogen and oxygen atoms in total. The Hall–Kier alpha value is -2.37. The first kappa shape index (κ1) is 11.1. The van der Waals surface area contributed by atoms with Crippen LogP contribution < -0.4 is 0 Å². The first-order chi connectivity index (χ1) is 8.16.